The number of aromatic carboxylic acids is 1. The zero-order chi connectivity index (χ0) is 13.4. The highest BCUT2D eigenvalue weighted by atomic mass is 79.9. The Balaban J connectivity index is 2.19. The van der Waals surface area contributed by atoms with Gasteiger partial charge in [0, 0.05) is 4.47 Å². The molecular formula is C14H9BrN2O2. The number of carbonyl (C=O) groups is 1. The SMILES string of the molecule is O=C(O)c1ccc(-n2cnc3ccccc32)c(Br)c1. The third-order valence-corrected chi connectivity index (χ3v) is 3.54. The first-order valence-corrected chi connectivity index (χ1v) is 6.41. The summed E-state index contributed by atoms with van der Waals surface area (Å²) in [4.78, 5) is 15.2. The third kappa shape index (κ3) is 2.02. The van der Waals surface area contributed by atoms with E-state index in [4.69, 9.17) is 5.11 Å². The third-order valence-electron chi connectivity index (χ3n) is 2.91. The van der Waals surface area contributed by atoms with E-state index in [1.165, 1.54) is 0 Å². The molecule has 0 fully saturated rings. The fourth-order valence-electron chi connectivity index (χ4n) is 1.99. The lowest BCUT2D eigenvalue weighted by Gasteiger charge is -2.07. The van der Waals surface area contributed by atoms with Gasteiger partial charge < -0.3 is 5.11 Å². The largest absolute Gasteiger partial charge is 0.478 e. The molecule has 0 aliphatic heterocycles. The first kappa shape index (κ1) is 11.9. The van der Waals surface area contributed by atoms with Crippen molar-refractivity contribution in [3.8, 4) is 5.69 Å². The summed E-state index contributed by atoms with van der Waals surface area (Å²) >= 11 is 3.41. The summed E-state index contributed by atoms with van der Waals surface area (Å²) in [6, 6.07) is 12.7. The van der Waals surface area contributed by atoms with Crippen LogP contribution in [0.4, 0.5) is 0 Å². The zero-order valence-corrected chi connectivity index (χ0v) is 11.3. The van der Waals surface area contributed by atoms with Crippen LogP contribution < -0.4 is 0 Å². The second-order valence-corrected chi connectivity index (χ2v) is 4.93. The van der Waals surface area contributed by atoms with E-state index in [1.807, 2.05) is 28.8 Å². The summed E-state index contributed by atoms with van der Waals surface area (Å²) in [5.74, 6) is -0.942. The summed E-state index contributed by atoms with van der Waals surface area (Å²) in [5.41, 5.74) is 2.99. The lowest BCUT2D eigenvalue weighted by atomic mass is 10.2. The number of para-hydroxylation sites is 2. The van der Waals surface area contributed by atoms with E-state index >= 15 is 0 Å². The van der Waals surface area contributed by atoms with Crippen LogP contribution in [0.25, 0.3) is 16.7 Å². The number of hydrogen-bond donors (Lipinski definition) is 1. The van der Waals surface area contributed by atoms with Crippen LogP contribution in [0.15, 0.2) is 53.3 Å². The second-order valence-electron chi connectivity index (χ2n) is 4.07. The Bertz CT molecular complexity index is 780. The number of fused-ring (bicyclic) bond motifs is 1. The Hall–Kier alpha value is -2.14. The van der Waals surface area contributed by atoms with Crippen LogP contribution in [0.5, 0.6) is 0 Å². The summed E-state index contributed by atoms with van der Waals surface area (Å²) in [7, 11) is 0. The lowest BCUT2D eigenvalue weighted by molar-refractivity contribution is 0.0697. The number of halogens is 1. The van der Waals surface area contributed by atoms with Crippen LogP contribution >= 0.6 is 15.9 Å². The molecule has 0 aliphatic rings. The van der Waals surface area contributed by atoms with Gasteiger partial charge in [-0.15, -0.1) is 0 Å². The molecule has 1 heterocycles. The predicted molar refractivity (Wildman–Crippen MR) is 75.7 cm³/mol. The maximum atomic E-state index is 10.9. The van der Waals surface area contributed by atoms with Gasteiger partial charge >= 0.3 is 5.97 Å². The fourth-order valence-corrected chi connectivity index (χ4v) is 2.56. The van der Waals surface area contributed by atoms with Crippen LogP contribution in [0.3, 0.4) is 0 Å². The molecular weight excluding hydrogens is 308 g/mol. The number of nitrogens with zero attached hydrogens (tertiary/aromatic N) is 2. The highest BCUT2D eigenvalue weighted by Gasteiger charge is 2.10. The molecule has 2 aromatic carbocycles. The molecule has 0 bridgehead atoms. The first-order valence-electron chi connectivity index (χ1n) is 5.62. The van der Waals surface area contributed by atoms with Gasteiger partial charge in [0.2, 0.25) is 0 Å². The number of imidazole rings is 1. The Morgan fingerprint density at radius 3 is 2.74 bits per heavy atom. The summed E-state index contributed by atoms with van der Waals surface area (Å²) in [6.45, 7) is 0. The van der Waals surface area contributed by atoms with Crippen LogP contribution in [0, 0.1) is 0 Å². The van der Waals surface area contributed by atoms with Gasteiger partial charge in [0.15, 0.2) is 0 Å². The van der Waals surface area contributed by atoms with E-state index in [-0.39, 0.29) is 5.56 Å². The van der Waals surface area contributed by atoms with Crippen molar-refractivity contribution in [2.45, 2.75) is 0 Å². The van der Waals surface area contributed by atoms with Crippen molar-refractivity contribution in [3.63, 3.8) is 0 Å². The van der Waals surface area contributed by atoms with Crippen molar-refractivity contribution in [2.24, 2.45) is 0 Å². The van der Waals surface area contributed by atoms with Gasteiger partial charge in [-0.25, -0.2) is 9.78 Å². The molecule has 0 amide bonds. The van der Waals surface area contributed by atoms with Gasteiger partial charge in [0.05, 0.1) is 22.3 Å². The molecule has 3 rings (SSSR count). The van der Waals surface area contributed by atoms with E-state index in [0.29, 0.717) is 0 Å². The molecule has 0 atom stereocenters. The van der Waals surface area contributed by atoms with Crippen LogP contribution in [0.1, 0.15) is 10.4 Å². The Morgan fingerprint density at radius 2 is 2.00 bits per heavy atom. The van der Waals surface area contributed by atoms with E-state index in [2.05, 4.69) is 20.9 Å². The van der Waals surface area contributed by atoms with Gasteiger partial charge in [-0.1, -0.05) is 12.1 Å². The lowest BCUT2D eigenvalue weighted by Crippen LogP contribution is -1.99. The van der Waals surface area contributed by atoms with Gasteiger partial charge in [-0.05, 0) is 46.3 Å². The maximum absolute atomic E-state index is 10.9. The molecule has 1 N–H and O–H groups in total. The van der Waals surface area contributed by atoms with Crippen LogP contribution in [-0.2, 0) is 0 Å². The number of benzene rings is 2. The number of carboxylic acids is 1. The number of rotatable bonds is 2. The molecule has 1 aromatic heterocycles. The van der Waals surface area contributed by atoms with Crippen molar-refractivity contribution in [3.05, 3.63) is 58.8 Å². The van der Waals surface area contributed by atoms with Crippen molar-refractivity contribution in [1.29, 1.82) is 0 Å². The van der Waals surface area contributed by atoms with E-state index in [0.717, 1.165) is 21.2 Å². The molecule has 0 saturated heterocycles. The molecule has 0 unspecified atom stereocenters. The van der Waals surface area contributed by atoms with Gasteiger partial charge in [-0.3, -0.25) is 4.57 Å². The summed E-state index contributed by atoms with van der Waals surface area (Å²) in [5, 5.41) is 8.96. The predicted octanol–water partition coefficient (Wildman–Crippen LogP) is 3.49. The standard InChI is InChI=1S/C14H9BrN2O2/c15-10-7-9(14(18)19)5-6-12(10)17-8-16-11-3-1-2-4-13(11)17/h1-8H,(H,18,19). The van der Waals surface area contributed by atoms with Gasteiger partial charge in [-0.2, -0.15) is 0 Å². The Morgan fingerprint density at radius 1 is 1.21 bits per heavy atom. The molecule has 0 aliphatic carbocycles. The molecule has 19 heavy (non-hydrogen) atoms. The number of aromatic nitrogens is 2. The minimum Gasteiger partial charge on any atom is -0.478 e. The van der Waals surface area contributed by atoms with Gasteiger partial charge in [0.25, 0.3) is 0 Å². The highest BCUT2D eigenvalue weighted by Crippen LogP contribution is 2.26. The zero-order valence-electron chi connectivity index (χ0n) is 9.75. The van der Waals surface area contributed by atoms with Crippen molar-refractivity contribution < 1.29 is 9.90 Å². The first-order chi connectivity index (χ1) is 9.16. The average molecular weight is 317 g/mol. The van der Waals surface area contributed by atoms with E-state index in [9.17, 15) is 4.79 Å². The minimum absolute atomic E-state index is 0.250. The summed E-state index contributed by atoms with van der Waals surface area (Å²) in [6.07, 6.45) is 1.73. The quantitative estimate of drug-likeness (QED) is 0.787. The summed E-state index contributed by atoms with van der Waals surface area (Å²) < 4.78 is 2.64. The van der Waals surface area contributed by atoms with Crippen molar-refractivity contribution >= 4 is 32.9 Å². The van der Waals surface area contributed by atoms with Crippen LogP contribution in [0.2, 0.25) is 0 Å². The molecule has 5 heteroatoms. The second kappa shape index (κ2) is 4.51. The van der Waals surface area contributed by atoms with E-state index < -0.39 is 5.97 Å². The smallest absolute Gasteiger partial charge is 0.335 e. The Labute approximate surface area is 117 Å². The topological polar surface area (TPSA) is 55.1 Å². The fraction of sp³-hybridized carbons (Fsp3) is 0. The Kier molecular flexibility index (Phi) is 2.83. The average Bonchev–Trinajstić information content (AvgIpc) is 2.82. The van der Waals surface area contributed by atoms with E-state index in [1.54, 1.807) is 24.5 Å². The molecule has 94 valence electrons. The van der Waals surface area contributed by atoms with Crippen LogP contribution in [-0.4, -0.2) is 20.6 Å². The monoisotopic (exact) mass is 316 g/mol. The number of hydrogen-bond acceptors (Lipinski definition) is 2. The molecule has 4 nitrogen and oxygen atoms in total. The molecule has 0 spiro atoms. The highest BCUT2D eigenvalue weighted by molar-refractivity contribution is 9.10. The normalized spacial score (nSPS) is 10.8. The molecule has 3 aromatic rings. The van der Waals surface area contributed by atoms with Crippen molar-refractivity contribution in [1.82, 2.24) is 9.55 Å². The maximum Gasteiger partial charge on any atom is 0.335 e. The minimum atomic E-state index is -0.942. The number of carboxylic acid groups (broad SMARTS) is 1. The molecule has 0 saturated carbocycles. The molecule has 0 radical (unpaired) electrons. The van der Waals surface area contributed by atoms with Gasteiger partial charge in [0.1, 0.15) is 6.33 Å². The van der Waals surface area contributed by atoms with Crippen molar-refractivity contribution in [2.75, 3.05) is 0 Å².